The van der Waals surface area contributed by atoms with E-state index in [0.29, 0.717) is 23.4 Å². The van der Waals surface area contributed by atoms with Crippen LogP contribution in [0.3, 0.4) is 0 Å². The monoisotopic (exact) mass is 377 g/mol. The van der Waals surface area contributed by atoms with Gasteiger partial charge in [0.15, 0.2) is 0 Å². The Balaban J connectivity index is 1.89. The number of fused-ring (bicyclic) bond motifs is 2. The molecule has 2 N–H and O–H groups in total. The van der Waals surface area contributed by atoms with Gasteiger partial charge in [0.05, 0.1) is 24.0 Å². The number of anilines is 1. The van der Waals surface area contributed by atoms with Crippen molar-refractivity contribution < 1.29 is 24.2 Å². The number of aliphatic carboxylic acids is 1. The number of ether oxygens (including phenoxy) is 1. The molecular weight excluding hydrogens is 354 g/mol. The third-order valence-electron chi connectivity index (χ3n) is 5.33. The molecule has 1 aromatic heterocycles. The topological polar surface area (TPSA) is 92.7 Å². The summed E-state index contributed by atoms with van der Waals surface area (Å²) in [6, 6.07) is 0. The Kier molecular flexibility index (Phi) is 5.18. The van der Waals surface area contributed by atoms with Gasteiger partial charge in [-0.15, -0.1) is 11.3 Å². The first-order valence-corrected chi connectivity index (χ1v) is 9.72. The van der Waals surface area contributed by atoms with Crippen molar-refractivity contribution in [2.45, 2.75) is 33.6 Å². The number of hydrogen-bond donors (Lipinski definition) is 2. The molecule has 0 aromatic carbocycles. The molecule has 7 heteroatoms. The fourth-order valence-electron chi connectivity index (χ4n) is 4.22. The van der Waals surface area contributed by atoms with Crippen LogP contribution in [0, 0.1) is 30.6 Å². The summed E-state index contributed by atoms with van der Waals surface area (Å²) in [6.45, 7) is 5.84. The second-order valence-corrected chi connectivity index (χ2v) is 7.97. The van der Waals surface area contributed by atoms with Gasteiger partial charge in [0.25, 0.3) is 0 Å². The number of esters is 1. The summed E-state index contributed by atoms with van der Waals surface area (Å²) in [7, 11) is 0. The average Bonchev–Trinajstić information content (AvgIpc) is 3.26. The summed E-state index contributed by atoms with van der Waals surface area (Å²) in [4.78, 5) is 37.9. The van der Waals surface area contributed by atoms with E-state index in [1.807, 2.05) is 26.0 Å². The van der Waals surface area contributed by atoms with Gasteiger partial charge in [-0.05, 0) is 44.1 Å². The maximum Gasteiger partial charge on any atom is 0.341 e. The summed E-state index contributed by atoms with van der Waals surface area (Å²) in [6.07, 6.45) is 5.20. The van der Waals surface area contributed by atoms with Crippen molar-refractivity contribution in [2.24, 2.45) is 23.7 Å². The van der Waals surface area contributed by atoms with Crippen molar-refractivity contribution >= 4 is 34.2 Å². The number of nitrogens with one attached hydrogen (secondary N) is 1. The molecule has 6 nitrogen and oxygen atoms in total. The molecule has 0 saturated heterocycles. The highest BCUT2D eigenvalue weighted by Crippen LogP contribution is 2.48. The summed E-state index contributed by atoms with van der Waals surface area (Å²) in [5.74, 6) is -3.18. The van der Waals surface area contributed by atoms with Crippen LogP contribution in [0.15, 0.2) is 12.2 Å². The summed E-state index contributed by atoms with van der Waals surface area (Å²) in [5, 5.41) is 12.8. The number of amides is 1. The maximum atomic E-state index is 12.9. The minimum absolute atomic E-state index is 0.0566. The Morgan fingerprint density at radius 2 is 1.88 bits per heavy atom. The highest BCUT2D eigenvalue weighted by atomic mass is 32.1. The van der Waals surface area contributed by atoms with E-state index < -0.39 is 23.8 Å². The van der Waals surface area contributed by atoms with Crippen molar-refractivity contribution in [3.63, 3.8) is 0 Å². The van der Waals surface area contributed by atoms with Crippen LogP contribution in [-0.4, -0.2) is 29.6 Å². The standard InChI is InChI=1S/C19H23NO5S/c1-4-12-9(3)26-17(15(12)19(24)25-5-2)20-16(21)13-10-6-7-11(8-10)14(13)18(22)23/h6-7,10-11,13-14H,4-5,8H2,1-3H3,(H,20,21)(H,22,23)/t10-,11-,13-,14+/m1/s1. The number of carboxylic acids is 1. The highest BCUT2D eigenvalue weighted by Gasteiger charge is 2.51. The van der Waals surface area contributed by atoms with Crippen LogP contribution in [-0.2, 0) is 20.7 Å². The lowest BCUT2D eigenvalue weighted by molar-refractivity contribution is -0.146. The molecule has 140 valence electrons. The van der Waals surface area contributed by atoms with E-state index in [2.05, 4.69) is 5.32 Å². The average molecular weight is 377 g/mol. The molecule has 0 unspecified atom stereocenters. The third-order valence-corrected chi connectivity index (χ3v) is 6.39. The van der Waals surface area contributed by atoms with Crippen LogP contribution in [0.25, 0.3) is 0 Å². The summed E-state index contributed by atoms with van der Waals surface area (Å²) >= 11 is 1.34. The molecule has 0 aliphatic heterocycles. The molecule has 0 radical (unpaired) electrons. The van der Waals surface area contributed by atoms with Crippen molar-refractivity contribution in [2.75, 3.05) is 11.9 Å². The number of carbonyl (C=O) groups is 3. The van der Waals surface area contributed by atoms with Crippen LogP contribution in [0.1, 0.15) is 41.1 Å². The van der Waals surface area contributed by atoms with Gasteiger partial charge in [-0.1, -0.05) is 19.1 Å². The fourth-order valence-corrected chi connectivity index (χ4v) is 5.36. The Labute approximate surface area is 156 Å². The molecule has 1 amide bonds. The first-order valence-electron chi connectivity index (χ1n) is 8.90. The fraction of sp³-hybridized carbons (Fsp3) is 0.526. The molecule has 1 heterocycles. The largest absolute Gasteiger partial charge is 0.481 e. The molecule has 0 spiro atoms. The van der Waals surface area contributed by atoms with Gasteiger partial charge in [-0.2, -0.15) is 0 Å². The van der Waals surface area contributed by atoms with E-state index in [1.54, 1.807) is 6.92 Å². The zero-order chi connectivity index (χ0) is 19.0. The minimum Gasteiger partial charge on any atom is -0.481 e. The number of hydrogen-bond acceptors (Lipinski definition) is 5. The minimum atomic E-state index is -0.941. The zero-order valence-electron chi connectivity index (χ0n) is 15.1. The molecule has 1 fully saturated rings. The van der Waals surface area contributed by atoms with Gasteiger partial charge in [-0.25, -0.2) is 4.79 Å². The highest BCUT2D eigenvalue weighted by molar-refractivity contribution is 7.16. The zero-order valence-corrected chi connectivity index (χ0v) is 15.9. The van der Waals surface area contributed by atoms with Gasteiger partial charge >= 0.3 is 11.9 Å². The van der Waals surface area contributed by atoms with Crippen LogP contribution in [0.2, 0.25) is 0 Å². The predicted octanol–water partition coefficient (Wildman–Crippen LogP) is 3.26. The second-order valence-electron chi connectivity index (χ2n) is 6.74. The normalized spacial score (nSPS) is 26.1. The summed E-state index contributed by atoms with van der Waals surface area (Å²) < 4.78 is 5.15. The Hall–Kier alpha value is -2.15. The van der Waals surface area contributed by atoms with Crippen molar-refractivity contribution in [3.8, 4) is 0 Å². The van der Waals surface area contributed by atoms with Crippen molar-refractivity contribution in [1.29, 1.82) is 0 Å². The molecule has 2 aliphatic rings. The second kappa shape index (κ2) is 7.23. The first kappa shape index (κ1) is 18.6. The molecule has 1 saturated carbocycles. The number of thiophene rings is 1. The molecular formula is C19H23NO5S. The van der Waals surface area contributed by atoms with Crippen LogP contribution >= 0.6 is 11.3 Å². The molecule has 2 bridgehead atoms. The third kappa shape index (κ3) is 3.05. The van der Waals surface area contributed by atoms with E-state index in [4.69, 9.17) is 4.74 Å². The maximum absolute atomic E-state index is 12.9. The van der Waals surface area contributed by atoms with Gasteiger partial charge in [-0.3, -0.25) is 9.59 Å². The molecule has 26 heavy (non-hydrogen) atoms. The van der Waals surface area contributed by atoms with Crippen LogP contribution in [0.4, 0.5) is 5.00 Å². The predicted molar refractivity (Wildman–Crippen MR) is 98.4 cm³/mol. The van der Waals surface area contributed by atoms with Gasteiger partial charge in [0, 0.05) is 4.88 Å². The number of allylic oxidation sites excluding steroid dienone is 2. The molecule has 4 atom stereocenters. The Morgan fingerprint density at radius 1 is 1.23 bits per heavy atom. The smallest absolute Gasteiger partial charge is 0.341 e. The number of carboxylic acid groups (broad SMARTS) is 1. The summed E-state index contributed by atoms with van der Waals surface area (Å²) in [5.41, 5.74) is 1.27. The van der Waals surface area contributed by atoms with E-state index in [9.17, 15) is 19.5 Å². The Morgan fingerprint density at radius 3 is 2.46 bits per heavy atom. The molecule has 2 aliphatic carbocycles. The lowest BCUT2D eigenvalue weighted by Crippen LogP contribution is -2.36. The van der Waals surface area contributed by atoms with Crippen LogP contribution in [0.5, 0.6) is 0 Å². The van der Waals surface area contributed by atoms with E-state index >= 15 is 0 Å². The number of aryl methyl sites for hydroxylation is 1. The van der Waals surface area contributed by atoms with E-state index in [1.165, 1.54) is 11.3 Å². The molecule has 3 rings (SSSR count). The van der Waals surface area contributed by atoms with Gasteiger partial charge < -0.3 is 15.2 Å². The van der Waals surface area contributed by atoms with Gasteiger partial charge in [0.2, 0.25) is 5.91 Å². The van der Waals surface area contributed by atoms with Crippen LogP contribution < -0.4 is 5.32 Å². The quantitative estimate of drug-likeness (QED) is 0.586. The SMILES string of the molecule is CCOC(=O)c1c(NC(=O)[C@H]2[C@@H](C(=O)O)[C@@H]3C=C[C@@H]2C3)sc(C)c1CC. The lowest BCUT2D eigenvalue weighted by atomic mass is 9.82. The number of rotatable bonds is 6. The number of carbonyl (C=O) groups excluding carboxylic acids is 2. The lowest BCUT2D eigenvalue weighted by Gasteiger charge is -2.23. The van der Waals surface area contributed by atoms with Crippen molar-refractivity contribution in [3.05, 3.63) is 28.2 Å². The van der Waals surface area contributed by atoms with E-state index in [0.717, 1.165) is 10.4 Å². The van der Waals surface area contributed by atoms with E-state index in [-0.39, 0.29) is 24.3 Å². The van der Waals surface area contributed by atoms with Gasteiger partial charge in [0.1, 0.15) is 5.00 Å². The first-order chi connectivity index (χ1) is 12.4. The molecule has 1 aromatic rings. The van der Waals surface area contributed by atoms with Crippen molar-refractivity contribution in [1.82, 2.24) is 0 Å². The Bertz CT molecular complexity index is 781.